The first-order chi connectivity index (χ1) is 8.17. The Labute approximate surface area is 96.3 Å². The highest BCUT2D eigenvalue weighted by molar-refractivity contribution is 5.68. The van der Waals surface area contributed by atoms with Gasteiger partial charge in [-0.2, -0.15) is 0 Å². The average molecular weight is 232 g/mol. The van der Waals surface area contributed by atoms with Crippen molar-refractivity contribution in [2.24, 2.45) is 0 Å². The fourth-order valence-electron chi connectivity index (χ4n) is 1.59. The average Bonchev–Trinajstić information content (AvgIpc) is 2.67. The van der Waals surface area contributed by atoms with Crippen molar-refractivity contribution in [1.82, 2.24) is 19.5 Å². The maximum atomic E-state index is 12.0. The van der Waals surface area contributed by atoms with Crippen molar-refractivity contribution < 1.29 is 0 Å². The first-order valence-corrected chi connectivity index (χ1v) is 5.11. The molecule has 0 fully saturated rings. The predicted octanol–water partition coefficient (Wildman–Crippen LogP) is 0.327. The van der Waals surface area contributed by atoms with Crippen LogP contribution in [0.15, 0.2) is 34.9 Å². The molecule has 88 valence electrons. The van der Waals surface area contributed by atoms with E-state index in [1.807, 2.05) is 0 Å². The summed E-state index contributed by atoms with van der Waals surface area (Å²) in [7, 11) is 0. The second kappa shape index (κ2) is 4.25. The Hall–Kier alpha value is -2.37. The Bertz CT molecular complexity index is 690. The van der Waals surface area contributed by atoms with Gasteiger partial charge in [0, 0.05) is 13.0 Å². The summed E-state index contributed by atoms with van der Waals surface area (Å²) in [5.41, 5.74) is -0.314. The van der Waals surface area contributed by atoms with Gasteiger partial charge in [0.25, 0.3) is 5.56 Å². The molecule has 0 aromatic carbocycles. The van der Waals surface area contributed by atoms with Gasteiger partial charge in [0.15, 0.2) is 5.65 Å². The van der Waals surface area contributed by atoms with Gasteiger partial charge >= 0.3 is 5.69 Å². The lowest BCUT2D eigenvalue weighted by molar-refractivity contribution is 0.726. The highest BCUT2D eigenvalue weighted by atomic mass is 16.2. The van der Waals surface area contributed by atoms with E-state index in [1.54, 1.807) is 6.08 Å². The lowest BCUT2D eigenvalue weighted by atomic mass is 10.4. The number of H-pyrrole nitrogens is 2. The van der Waals surface area contributed by atoms with Crippen LogP contribution in [0, 0.1) is 0 Å². The summed E-state index contributed by atoms with van der Waals surface area (Å²) in [6.07, 6.45) is 3.67. The lowest BCUT2D eigenvalue weighted by Crippen LogP contribution is -2.34. The monoisotopic (exact) mass is 232 g/mol. The van der Waals surface area contributed by atoms with E-state index in [0.29, 0.717) is 17.8 Å². The second-order valence-corrected chi connectivity index (χ2v) is 3.53. The number of fused-ring (bicyclic) bond motifs is 1. The minimum absolute atomic E-state index is 0.167. The number of nitrogens with one attached hydrogen (secondary N) is 2. The molecule has 17 heavy (non-hydrogen) atoms. The number of nitrogens with zero attached hydrogens (tertiary/aromatic N) is 2. The van der Waals surface area contributed by atoms with Crippen molar-refractivity contribution in [3.63, 3.8) is 0 Å². The minimum atomic E-state index is -0.487. The molecule has 0 aliphatic heterocycles. The maximum absolute atomic E-state index is 12.0. The van der Waals surface area contributed by atoms with Crippen LogP contribution in [-0.2, 0) is 13.0 Å². The smallest absolute Gasteiger partial charge is 0.330 e. The Kier molecular flexibility index (Phi) is 2.78. The summed E-state index contributed by atoms with van der Waals surface area (Å²) in [5, 5.41) is 0. The third kappa shape index (κ3) is 1.84. The van der Waals surface area contributed by atoms with Gasteiger partial charge in [-0.05, 0) is 0 Å². The highest BCUT2D eigenvalue weighted by Crippen LogP contribution is 2.02. The zero-order valence-electron chi connectivity index (χ0n) is 9.19. The van der Waals surface area contributed by atoms with Crippen LogP contribution in [0.25, 0.3) is 11.2 Å². The number of imidazole rings is 1. The van der Waals surface area contributed by atoms with Gasteiger partial charge in [0.05, 0.1) is 0 Å². The van der Waals surface area contributed by atoms with E-state index in [-0.39, 0.29) is 12.2 Å². The largest absolute Gasteiger partial charge is 0.336 e. The molecule has 0 saturated carbocycles. The molecule has 0 unspecified atom stereocenters. The summed E-state index contributed by atoms with van der Waals surface area (Å²) in [5.74, 6) is 0.596. The number of aromatic amines is 2. The zero-order valence-corrected chi connectivity index (χ0v) is 9.19. The molecule has 2 aromatic heterocycles. The van der Waals surface area contributed by atoms with E-state index in [0.717, 1.165) is 4.57 Å². The molecule has 2 rings (SSSR count). The predicted molar refractivity (Wildman–Crippen MR) is 65.1 cm³/mol. The van der Waals surface area contributed by atoms with Crippen molar-refractivity contribution in [3.8, 4) is 0 Å². The molecule has 0 radical (unpaired) electrons. The Balaban J connectivity index is 2.73. The zero-order chi connectivity index (χ0) is 12.4. The van der Waals surface area contributed by atoms with E-state index < -0.39 is 11.2 Å². The Morgan fingerprint density at radius 3 is 2.65 bits per heavy atom. The molecule has 6 nitrogen and oxygen atoms in total. The van der Waals surface area contributed by atoms with Gasteiger partial charge in [-0.1, -0.05) is 12.2 Å². The van der Waals surface area contributed by atoms with Gasteiger partial charge in [0.2, 0.25) is 0 Å². The van der Waals surface area contributed by atoms with Crippen LogP contribution in [0.2, 0.25) is 0 Å². The third-order valence-electron chi connectivity index (χ3n) is 2.33. The lowest BCUT2D eigenvalue weighted by Gasteiger charge is -1.98. The highest BCUT2D eigenvalue weighted by Gasteiger charge is 2.10. The van der Waals surface area contributed by atoms with Gasteiger partial charge < -0.3 is 4.98 Å². The van der Waals surface area contributed by atoms with Gasteiger partial charge in [-0.25, -0.2) is 9.78 Å². The summed E-state index contributed by atoms with van der Waals surface area (Å²) in [4.78, 5) is 33.1. The van der Waals surface area contributed by atoms with Crippen molar-refractivity contribution >= 4 is 11.2 Å². The van der Waals surface area contributed by atoms with Crippen LogP contribution in [0.4, 0.5) is 0 Å². The quantitative estimate of drug-likeness (QED) is 0.745. The minimum Gasteiger partial charge on any atom is -0.336 e. The molecule has 2 heterocycles. The number of hydrogen-bond donors (Lipinski definition) is 2. The molecule has 0 atom stereocenters. The SMILES string of the molecule is C=CCc1nc2[nH]c(=O)n(CC=C)c(=O)c2[nH]1. The fourth-order valence-corrected chi connectivity index (χ4v) is 1.59. The van der Waals surface area contributed by atoms with Crippen molar-refractivity contribution in [1.29, 1.82) is 0 Å². The first-order valence-electron chi connectivity index (χ1n) is 5.11. The van der Waals surface area contributed by atoms with Gasteiger partial charge in [-0.3, -0.25) is 14.3 Å². The number of hydrogen-bond acceptors (Lipinski definition) is 3. The van der Waals surface area contributed by atoms with Crippen LogP contribution >= 0.6 is 0 Å². The standard InChI is InChI=1S/C11H12N4O2/c1-3-5-7-12-8-9(13-7)14-11(17)15(6-4-2)10(8)16/h3-4H,1-2,5-6H2,(H,12,13)(H,14,17). The Morgan fingerprint density at radius 2 is 2.00 bits per heavy atom. The van der Waals surface area contributed by atoms with E-state index in [9.17, 15) is 9.59 Å². The van der Waals surface area contributed by atoms with E-state index >= 15 is 0 Å². The fraction of sp³-hybridized carbons (Fsp3) is 0.182. The molecule has 0 aliphatic carbocycles. The molecule has 0 amide bonds. The molecule has 6 heteroatoms. The van der Waals surface area contributed by atoms with Crippen LogP contribution < -0.4 is 11.2 Å². The molecule has 0 aliphatic rings. The summed E-state index contributed by atoms with van der Waals surface area (Å²) in [6.45, 7) is 7.25. The number of aromatic nitrogens is 4. The second-order valence-electron chi connectivity index (χ2n) is 3.53. The van der Waals surface area contributed by atoms with Crippen molar-refractivity contribution in [2.45, 2.75) is 13.0 Å². The number of rotatable bonds is 4. The summed E-state index contributed by atoms with van der Waals surface area (Å²) in [6, 6.07) is 0. The molecule has 0 spiro atoms. The van der Waals surface area contributed by atoms with Crippen molar-refractivity contribution in [2.75, 3.05) is 0 Å². The molecule has 0 saturated heterocycles. The van der Waals surface area contributed by atoms with E-state index in [1.165, 1.54) is 6.08 Å². The van der Waals surface area contributed by atoms with Gasteiger partial charge in [0.1, 0.15) is 11.3 Å². The topological polar surface area (TPSA) is 83.5 Å². The van der Waals surface area contributed by atoms with Crippen LogP contribution in [0.3, 0.4) is 0 Å². The van der Waals surface area contributed by atoms with Crippen LogP contribution in [0.1, 0.15) is 5.82 Å². The van der Waals surface area contributed by atoms with Crippen molar-refractivity contribution in [3.05, 3.63) is 52.0 Å². The third-order valence-corrected chi connectivity index (χ3v) is 2.33. The molecular formula is C11H12N4O2. The van der Waals surface area contributed by atoms with Crippen LogP contribution in [-0.4, -0.2) is 19.5 Å². The van der Waals surface area contributed by atoms with E-state index in [2.05, 4.69) is 28.1 Å². The number of allylic oxidation sites excluding steroid dienone is 2. The molecular weight excluding hydrogens is 220 g/mol. The van der Waals surface area contributed by atoms with Crippen LogP contribution in [0.5, 0.6) is 0 Å². The van der Waals surface area contributed by atoms with E-state index in [4.69, 9.17) is 0 Å². The Morgan fingerprint density at radius 1 is 1.24 bits per heavy atom. The molecule has 2 aromatic rings. The normalized spacial score (nSPS) is 10.6. The summed E-state index contributed by atoms with van der Waals surface area (Å²) < 4.78 is 1.06. The molecule has 2 N–H and O–H groups in total. The molecule has 0 bridgehead atoms. The summed E-state index contributed by atoms with van der Waals surface area (Å²) >= 11 is 0. The van der Waals surface area contributed by atoms with Gasteiger partial charge in [-0.15, -0.1) is 13.2 Å². The first kappa shape index (κ1) is 11.1. The maximum Gasteiger partial charge on any atom is 0.330 e.